The lowest BCUT2D eigenvalue weighted by Crippen LogP contribution is -2.35. The van der Waals surface area contributed by atoms with Gasteiger partial charge in [0.05, 0.1) is 11.4 Å². The van der Waals surface area contributed by atoms with Gasteiger partial charge in [-0.1, -0.05) is 24.3 Å². The molecule has 178 valence electrons. The molecule has 0 unspecified atom stereocenters. The molecule has 4 aromatic rings. The number of carbonyl (C=O) groups excluding carboxylic acids is 1. The molecule has 0 saturated carbocycles. The number of fused-ring (bicyclic) bond motifs is 1. The van der Waals surface area contributed by atoms with Crippen LogP contribution in [0.25, 0.3) is 16.5 Å². The Balaban J connectivity index is 1.41. The molecular formula is C27H25F2N5O. The van der Waals surface area contributed by atoms with E-state index < -0.39 is 17.5 Å². The normalized spacial score (nSPS) is 13.7. The second-order valence-electron chi connectivity index (χ2n) is 8.78. The zero-order valence-corrected chi connectivity index (χ0v) is 19.3. The van der Waals surface area contributed by atoms with Crippen LogP contribution in [0.4, 0.5) is 14.5 Å². The lowest BCUT2D eigenvalue weighted by molar-refractivity contribution is 0.101. The first-order valence-electron chi connectivity index (χ1n) is 11.6. The van der Waals surface area contributed by atoms with Crippen LogP contribution in [0.2, 0.25) is 0 Å². The van der Waals surface area contributed by atoms with E-state index in [0.717, 1.165) is 43.1 Å². The van der Waals surface area contributed by atoms with Gasteiger partial charge in [-0.05, 0) is 73.4 Å². The summed E-state index contributed by atoms with van der Waals surface area (Å²) in [5, 5.41) is 16.8. The summed E-state index contributed by atoms with van der Waals surface area (Å²) in [5.41, 5.74) is 1.18. The number of amidine groups is 1. The lowest BCUT2D eigenvalue weighted by Gasteiger charge is -2.29. The lowest BCUT2D eigenvalue weighted by atomic mass is 10.1. The number of piperidine rings is 1. The van der Waals surface area contributed by atoms with Crippen LogP contribution >= 0.6 is 0 Å². The highest BCUT2D eigenvalue weighted by molar-refractivity contribution is 6.04. The van der Waals surface area contributed by atoms with Gasteiger partial charge in [0.15, 0.2) is 0 Å². The molecule has 1 aliphatic rings. The highest BCUT2D eigenvalue weighted by atomic mass is 19.1. The summed E-state index contributed by atoms with van der Waals surface area (Å²) >= 11 is 0. The Bertz CT molecular complexity index is 1440. The largest absolute Gasteiger partial charge is 0.357 e. The number of benzene rings is 3. The minimum atomic E-state index is -0.641. The molecule has 3 aromatic carbocycles. The molecule has 0 bridgehead atoms. The molecule has 1 fully saturated rings. The first-order valence-corrected chi connectivity index (χ1v) is 11.6. The molecule has 0 aliphatic carbocycles. The Labute approximate surface area is 201 Å². The van der Waals surface area contributed by atoms with E-state index >= 15 is 0 Å². The van der Waals surface area contributed by atoms with Gasteiger partial charge < -0.3 is 10.2 Å². The van der Waals surface area contributed by atoms with Crippen molar-refractivity contribution in [1.29, 1.82) is 5.41 Å². The molecule has 1 saturated heterocycles. The number of rotatable bonds is 4. The maximum atomic E-state index is 14.9. The van der Waals surface area contributed by atoms with Crippen LogP contribution in [0.1, 0.15) is 41.0 Å². The molecule has 5 rings (SSSR count). The fourth-order valence-corrected chi connectivity index (χ4v) is 4.46. The van der Waals surface area contributed by atoms with Crippen LogP contribution in [-0.2, 0) is 0 Å². The highest BCUT2D eigenvalue weighted by Crippen LogP contribution is 2.25. The van der Waals surface area contributed by atoms with Gasteiger partial charge >= 0.3 is 0 Å². The van der Waals surface area contributed by atoms with Crippen LogP contribution in [0.5, 0.6) is 0 Å². The van der Waals surface area contributed by atoms with Gasteiger partial charge in [-0.15, -0.1) is 0 Å². The minimum absolute atomic E-state index is 0.0189. The maximum absolute atomic E-state index is 14.9. The molecule has 6 nitrogen and oxygen atoms in total. The number of nitrogens with one attached hydrogen (secondary N) is 2. The fraction of sp³-hybridized carbons (Fsp3) is 0.222. The average Bonchev–Trinajstić information content (AvgIpc) is 3.26. The van der Waals surface area contributed by atoms with Crippen molar-refractivity contribution in [1.82, 2.24) is 14.7 Å². The number of halogens is 2. The smallest absolute Gasteiger partial charge is 0.274 e. The van der Waals surface area contributed by atoms with Crippen LogP contribution in [0.3, 0.4) is 0 Å². The number of aryl methyl sites for hydroxylation is 1. The molecule has 8 heteroatoms. The zero-order chi connectivity index (χ0) is 24.5. The number of hydrogen-bond acceptors (Lipinski definition) is 3. The van der Waals surface area contributed by atoms with Crippen LogP contribution < -0.4 is 5.32 Å². The predicted octanol–water partition coefficient (Wildman–Crippen LogP) is 5.68. The van der Waals surface area contributed by atoms with Gasteiger partial charge in [0.25, 0.3) is 5.91 Å². The van der Waals surface area contributed by atoms with Crippen molar-refractivity contribution in [3.05, 3.63) is 89.2 Å². The SMILES string of the molecule is Cc1cc(C(=O)Nc2ccc(C(=N)N3CCCCC3)cc2F)n(-c2cc3ccccc3cc2F)n1. The second kappa shape index (κ2) is 9.29. The molecule has 1 aliphatic heterocycles. The van der Waals surface area contributed by atoms with Crippen molar-refractivity contribution >= 4 is 28.2 Å². The van der Waals surface area contributed by atoms with Gasteiger partial charge in [0.2, 0.25) is 0 Å². The third-order valence-corrected chi connectivity index (χ3v) is 6.27. The van der Waals surface area contributed by atoms with Gasteiger partial charge in [0.1, 0.15) is 28.9 Å². The standard InChI is InChI=1S/C27H25F2N5O/c1-17-13-25(34(32-17)24-16-19-8-4-3-7-18(19)14-22(24)29)27(35)31-23-10-9-20(15-21(23)28)26(30)33-11-5-2-6-12-33/h3-4,7-10,13-16,30H,2,5-6,11-12H2,1H3,(H,31,35). The Hall–Kier alpha value is -4.07. The topological polar surface area (TPSA) is 74.0 Å². The van der Waals surface area contributed by atoms with Crippen LogP contribution in [-0.4, -0.2) is 39.5 Å². The molecule has 2 N–H and O–H groups in total. The van der Waals surface area contributed by atoms with Gasteiger partial charge in [0, 0.05) is 18.7 Å². The number of hydrogen-bond donors (Lipinski definition) is 2. The molecule has 0 atom stereocenters. The third kappa shape index (κ3) is 4.51. The number of amides is 1. The van der Waals surface area contributed by atoms with Crippen LogP contribution in [0.15, 0.2) is 60.7 Å². The van der Waals surface area contributed by atoms with Crippen molar-refractivity contribution in [3.8, 4) is 5.69 Å². The molecule has 1 aromatic heterocycles. The molecule has 0 radical (unpaired) electrons. The highest BCUT2D eigenvalue weighted by Gasteiger charge is 2.21. The van der Waals surface area contributed by atoms with E-state index in [1.807, 2.05) is 29.2 Å². The monoisotopic (exact) mass is 473 g/mol. The second-order valence-corrected chi connectivity index (χ2v) is 8.78. The maximum Gasteiger partial charge on any atom is 0.274 e. The number of nitrogens with zero attached hydrogens (tertiary/aromatic N) is 3. The van der Waals surface area contributed by atoms with Crippen molar-refractivity contribution in [2.24, 2.45) is 0 Å². The molecule has 0 spiro atoms. The van der Waals surface area contributed by atoms with E-state index in [4.69, 9.17) is 5.41 Å². The van der Waals surface area contributed by atoms with E-state index in [9.17, 15) is 13.6 Å². The minimum Gasteiger partial charge on any atom is -0.357 e. The van der Waals surface area contributed by atoms with E-state index in [-0.39, 0.29) is 22.9 Å². The van der Waals surface area contributed by atoms with Crippen molar-refractivity contribution in [3.63, 3.8) is 0 Å². The summed E-state index contributed by atoms with van der Waals surface area (Å²) in [6, 6.07) is 16.2. The molecule has 2 heterocycles. The van der Waals surface area contributed by atoms with E-state index in [2.05, 4.69) is 10.4 Å². The van der Waals surface area contributed by atoms with Gasteiger partial charge in [-0.2, -0.15) is 5.10 Å². The number of likely N-dealkylation sites (tertiary alicyclic amines) is 1. The average molecular weight is 474 g/mol. The third-order valence-electron chi connectivity index (χ3n) is 6.27. The Morgan fingerprint density at radius 1 is 0.943 bits per heavy atom. The van der Waals surface area contributed by atoms with Gasteiger partial charge in [-0.25, -0.2) is 13.5 Å². The first-order chi connectivity index (χ1) is 16.9. The summed E-state index contributed by atoms with van der Waals surface area (Å²) in [6.07, 6.45) is 3.18. The van der Waals surface area contributed by atoms with Crippen molar-refractivity contribution < 1.29 is 13.6 Å². The van der Waals surface area contributed by atoms with Gasteiger partial charge in [-0.3, -0.25) is 10.2 Å². The molecular weight excluding hydrogens is 448 g/mol. The van der Waals surface area contributed by atoms with Crippen molar-refractivity contribution in [2.75, 3.05) is 18.4 Å². The van der Waals surface area contributed by atoms with E-state index in [1.165, 1.54) is 28.9 Å². The Morgan fingerprint density at radius 2 is 1.66 bits per heavy atom. The quantitative estimate of drug-likeness (QED) is 0.296. The number of carbonyl (C=O) groups is 1. The number of anilines is 1. The summed E-state index contributed by atoms with van der Waals surface area (Å²) in [7, 11) is 0. The zero-order valence-electron chi connectivity index (χ0n) is 19.3. The summed E-state index contributed by atoms with van der Waals surface area (Å²) in [6.45, 7) is 3.27. The first kappa shape index (κ1) is 22.7. The van der Waals surface area contributed by atoms with E-state index in [1.54, 1.807) is 19.1 Å². The summed E-state index contributed by atoms with van der Waals surface area (Å²) in [4.78, 5) is 15.0. The Kier molecular flexibility index (Phi) is 6.03. The summed E-state index contributed by atoms with van der Waals surface area (Å²) in [5.74, 6) is -1.50. The molecule has 35 heavy (non-hydrogen) atoms. The number of aromatic nitrogens is 2. The summed E-state index contributed by atoms with van der Waals surface area (Å²) < 4.78 is 31.1. The molecule has 1 amide bonds. The predicted molar refractivity (Wildman–Crippen MR) is 132 cm³/mol. The van der Waals surface area contributed by atoms with Crippen LogP contribution in [0, 0.1) is 24.0 Å². The van der Waals surface area contributed by atoms with E-state index in [0.29, 0.717) is 11.3 Å². The Morgan fingerprint density at radius 3 is 2.37 bits per heavy atom. The fourth-order valence-electron chi connectivity index (χ4n) is 4.46. The van der Waals surface area contributed by atoms with Crippen molar-refractivity contribution in [2.45, 2.75) is 26.2 Å².